The molecule has 1 saturated heterocycles. The van der Waals surface area contributed by atoms with Crippen molar-refractivity contribution in [1.82, 2.24) is 16.3 Å². The average molecular weight is 480 g/mol. The summed E-state index contributed by atoms with van der Waals surface area (Å²) in [5.41, 5.74) is 10.9. The molecule has 1 fully saturated rings. The van der Waals surface area contributed by atoms with Crippen molar-refractivity contribution in [2.24, 2.45) is 5.10 Å². The highest BCUT2D eigenvalue weighted by atomic mass is 35.5. The molecule has 0 radical (unpaired) electrons. The largest absolute Gasteiger partial charge is 0.489 e. The van der Waals surface area contributed by atoms with Crippen LogP contribution in [-0.4, -0.2) is 23.1 Å². The zero-order chi connectivity index (χ0) is 23.9. The van der Waals surface area contributed by atoms with E-state index < -0.39 is 11.0 Å². The van der Waals surface area contributed by atoms with Crippen molar-refractivity contribution in [2.45, 2.75) is 25.1 Å². The molecule has 0 spiro atoms. The van der Waals surface area contributed by atoms with Crippen molar-refractivity contribution in [3.8, 4) is 5.75 Å². The van der Waals surface area contributed by atoms with E-state index in [1.54, 1.807) is 12.1 Å². The minimum atomic E-state index is -0.500. The maximum Gasteiger partial charge on any atom is 0.270 e. The van der Waals surface area contributed by atoms with E-state index in [0.717, 1.165) is 11.1 Å². The summed E-state index contributed by atoms with van der Waals surface area (Å²) in [6.45, 7) is 0.354. The Labute approximate surface area is 200 Å². The summed E-state index contributed by atoms with van der Waals surface area (Å²) in [6.07, 6.45) is 1.87. The monoisotopic (exact) mass is 479 g/mol. The quantitative estimate of drug-likeness (QED) is 0.256. The number of halogens is 1. The highest BCUT2D eigenvalue weighted by Crippen LogP contribution is 2.26. The number of amides is 1. The molecule has 34 heavy (non-hydrogen) atoms. The summed E-state index contributed by atoms with van der Waals surface area (Å²) >= 11 is 6.19. The number of hydrogen-bond donors (Lipinski definition) is 3. The van der Waals surface area contributed by atoms with Crippen LogP contribution >= 0.6 is 11.6 Å². The number of hydrogen-bond acceptors (Lipinski definition) is 7. The number of carbonyl (C=O) groups is 1. The Hall–Kier alpha value is -3.79. The molecule has 0 aromatic heterocycles. The van der Waals surface area contributed by atoms with Gasteiger partial charge >= 0.3 is 0 Å². The Morgan fingerprint density at radius 3 is 2.79 bits per heavy atom. The van der Waals surface area contributed by atoms with Crippen LogP contribution < -0.4 is 21.0 Å². The van der Waals surface area contributed by atoms with Crippen LogP contribution in [0.15, 0.2) is 77.9 Å². The lowest BCUT2D eigenvalue weighted by Gasteiger charge is -2.13. The summed E-state index contributed by atoms with van der Waals surface area (Å²) in [6, 6.07) is 20.6. The fraction of sp³-hybridized carbons (Fsp3) is 0.167. The molecule has 2 atom stereocenters. The molecule has 3 aromatic carbocycles. The van der Waals surface area contributed by atoms with Crippen LogP contribution in [-0.2, 0) is 11.4 Å². The Morgan fingerprint density at radius 1 is 1.15 bits per heavy atom. The molecule has 174 valence electrons. The van der Waals surface area contributed by atoms with Crippen LogP contribution in [0.5, 0.6) is 5.75 Å². The van der Waals surface area contributed by atoms with Gasteiger partial charge in [0.15, 0.2) is 0 Å². The number of nitro groups is 1. The normalized spacial score (nSPS) is 17.6. The number of non-ortho nitro benzene ring substituents is 1. The van der Waals surface area contributed by atoms with Crippen molar-refractivity contribution in [3.05, 3.63) is 105 Å². The first-order valence-corrected chi connectivity index (χ1v) is 10.9. The van der Waals surface area contributed by atoms with Gasteiger partial charge in [-0.3, -0.25) is 14.9 Å². The fourth-order valence-electron chi connectivity index (χ4n) is 3.51. The van der Waals surface area contributed by atoms with Crippen molar-refractivity contribution in [2.75, 3.05) is 0 Å². The smallest absolute Gasteiger partial charge is 0.270 e. The molecular weight excluding hydrogens is 458 g/mol. The Balaban J connectivity index is 1.31. The molecule has 1 aliphatic rings. The van der Waals surface area contributed by atoms with E-state index in [-0.39, 0.29) is 17.6 Å². The third kappa shape index (κ3) is 5.96. The molecule has 0 bridgehead atoms. The number of nitrogens with zero attached hydrogens (tertiary/aromatic N) is 2. The van der Waals surface area contributed by atoms with Gasteiger partial charge in [0.25, 0.3) is 11.6 Å². The van der Waals surface area contributed by atoms with E-state index in [1.165, 1.54) is 18.3 Å². The van der Waals surface area contributed by atoms with Gasteiger partial charge in [0.2, 0.25) is 0 Å². The first kappa shape index (κ1) is 23.4. The van der Waals surface area contributed by atoms with Crippen LogP contribution in [0, 0.1) is 10.1 Å². The van der Waals surface area contributed by atoms with Gasteiger partial charge in [-0.05, 0) is 30.2 Å². The third-order valence-corrected chi connectivity index (χ3v) is 5.67. The first-order chi connectivity index (χ1) is 16.5. The zero-order valence-corrected chi connectivity index (χ0v) is 18.7. The first-order valence-electron chi connectivity index (χ1n) is 10.5. The Kier molecular flexibility index (Phi) is 7.48. The highest BCUT2D eigenvalue weighted by molar-refractivity contribution is 6.31. The molecule has 10 heteroatoms. The minimum absolute atomic E-state index is 0.0437. The van der Waals surface area contributed by atoms with Crippen molar-refractivity contribution in [3.63, 3.8) is 0 Å². The predicted octanol–water partition coefficient (Wildman–Crippen LogP) is 3.89. The van der Waals surface area contributed by atoms with Crippen molar-refractivity contribution < 1.29 is 14.5 Å². The molecule has 9 nitrogen and oxygen atoms in total. The number of benzene rings is 3. The van der Waals surface area contributed by atoms with Gasteiger partial charge in [0.1, 0.15) is 18.4 Å². The fourth-order valence-corrected chi connectivity index (χ4v) is 3.70. The Bertz CT molecular complexity index is 1220. The highest BCUT2D eigenvalue weighted by Gasteiger charge is 2.30. The lowest BCUT2D eigenvalue weighted by atomic mass is 10.0. The summed E-state index contributed by atoms with van der Waals surface area (Å²) in [5, 5.41) is 15.4. The number of rotatable bonds is 8. The van der Waals surface area contributed by atoms with E-state index in [9.17, 15) is 14.9 Å². The van der Waals surface area contributed by atoms with E-state index in [0.29, 0.717) is 29.4 Å². The molecule has 3 aromatic rings. The van der Waals surface area contributed by atoms with Gasteiger partial charge < -0.3 is 4.74 Å². The van der Waals surface area contributed by atoms with Gasteiger partial charge in [-0.1, -0.05) is 54.1 Å². The molecule has 4 rings (SSSR count). The van der Waals surface area contributed by atoms with Gasteiger partial charge in [-0.2, -0.15) is 5.10 Å². The lowest BCUT2D eigenvalue weighted by molar-refractivity contribution is -0.384. The maximum absolute atomic E-state index is 12.5. The van der Waals surface area contributed by atoms with E-state index in [2.05, 4.69) is 21.4 Å². The van der Waals surface area contributed by atoms with Crippen LogP contribution in [0.25, 0.3) is 0 Å². The van der Waals surface area contributed by atoms with Crippen molar-refractivity contribution >= 4 is 29.4 Å². The standard InChI is InChI=1S/C24H22ClN5O4/c25-21-10-2-1-6-18(21)15-34-20-9-4-7-17(12-20)22-13-23(28-27-22)24(31)29-26-14-16-5-3-8-19(11-16)30(32)33/h1-12,14,22-23,27-28H,13,15H2,(H,29,31)/b26-14+. The molecule has 1 amide bonds. The Morgan fingerprint density at radius 2 is 1.97 bits per heavy atom. The lowest BCUT2D eigenvalue weighted by Crippen LogP contribution is -2.41. The van der Waals surface area contributed by atoms with E-state index >= 15 is 0 Å². The topological polar surface area (TPSA) is 118 Å². The van der Waals surface area contributed by atoms with Gasteiger partial charge in [-0.15, -0.1) is 0 Å². The minimum Gasteiger partial charge on any atom is -0.489 e. The van der Waals surface area contributed by atoms with Gasteiger partial charge in [0.05, 0.1) is 11.1 Å². The molecule has 1 heterocycles. The molecule has 0 saturated carbocycles. The van der Waals surface area contributed by atoms with Crippen LogP contribution in [0.1, 0.15) is 29.2 Å². The number of hydrazone groups is 1. The summed E-state index contributed by atoms with van der Waals surface area (Å²) in [5.74, 6) is 0.386. The number of ether oxygens (including phenoxy) is 1. The molecule has 1 aliphatic heterocycles. The van der Waals surface area contributed by atoms with E-state index in [4.69, 9.17) is 16.3 Å². The number of carbonyl (C=O) groups excluding carboxylic acids is 1. The second-order valence-corrected chi connectivity index (χ2v) is 8.08. The van der Waals surface area contributed by atoms with Crippen LogP contribution in [0.4, 0.5) is 5.69 Å². The van der Waals surface area contributed by atoms with Crippen LogP contribution in [0.3, 0.4) is 0 Å². The molecule has 2 unspecified atom stereocenters. The summed E-state index contributed by atoms with van der Waals surface area (Å²) < 4.78 is 5.89. The average Bonchev–Trinajstić information content (AvgIpc) is 3.34. The van der Waals surface area contributed by atoms with E-state index in [1.807, 2.05) is 48.5 Å². The number of nitro benzene ring substituents is 1. The second kappa shape index (κ2) is 10.9. The van der Waals surface area contributed by atoms with Crippen molar-refractivity contribution in [1.29, 1.82) is 0 Å². The molecule has 3 N–H and O–H groups in total. The van der Waals surface area contributed by atoms with Gasteiger partial charge in [-0.25, -0.2) is 16.3 Å². The second-order valence-electron chi connectivity index (χ2n) is 7.67. The number of hydrazine groups is 1. The van der Waals surface area contributed by atoms with Gasteiger partial charge in [0, 0.05) is 34.3 Å². The zero-order valence-electron chi connectivity index (χ0n) is 18.0. The molecule has 0 aliphatic carbocycles. The predicted molar refractivity (Wildman–Crippen MR) is 128 cm³/mol. The summed E-state index contributed by atoms with van der Waals surface area (Å²) in [4.78, 5) is 22.8. The maximum atomic E-state index is 12.5. The number of nitrogens with one attached hydrogen (secondary N) is 3. The molecular formula is C24H22ClN5O4. The third-order valence-electron chi connectivity index (χ3n) is 5.30. The summed E-state index contributed by atoms with van der Waals surface area (Å²) in [7, 11) is 0. The SMILES string of the molecule is O=C(N/N=C/c1cccc([N+](=O)[O-])c1)C1CC(c2cccc(OCc3ccccc3Cl)c2)NN1. The van der Waals surface area contributed by atoms with Crippen LogP contribution in [0.2, 0.25) is 5.02 Å².